The van der Waals surface area contributed by atoms with Crippen molar-refractivity contribution >= 4 is 5.97 Å². The number of ether oxygens (including phenoxy) is 1. The maximum atomic E-state index is 10.7. The quantitative estimate of drug-likeness (QED) is 0.673. The van der Waals surface area contributed by atoms with Gasteiger partial charge < -0.3 is 4.74 Å². The van der Waals surface area contributed by atoms with Crippen LogP contribution in [-0.4, -0.2) is 5.97 Å². The van der Waals surface area contributed by atoms with Gasteiger partial charge in [-0.25, -0.2) is 0 Å². The van der Waals surface area contributed by atoms with Gasteiger partial charge in [0.1, 0.15) is 6.61 Å². The molecule has 1 aromatic carbocycles. The van der Waals surface area contributed by atoms with Gasteiger partial charge in [0.2, 0.25) is 0 Å². The predicted octanol–water partition coefficient (Wildman–Crippen LogP) is 2.67. The summed E-state index contributed by atoms with van der Waals surface area (Å²) in [5.41, 5.74) is 4.75. The van der Waals surface area contributed by atoms with E-state index in [4.69, 9.17) is 4.74 Å². The molecule has 0 aliphatic heterocycles. The van der Waals surface area contributed by atoms with Gasteiger partial charge in [-0.3, -0.25) is 4.79 Å². The third kappa shape index (κ3) is 2.34. The zero-order valence-corrected chi connectivity index (χ0v) is 9.18. The van der Waals surface area contributed by atoms with E-state index in [1.807, 2.05) is 6.92 Å². The van der Waals surface area contributed by atoms with Crippen LogP contribution in [0, 0.1) is 20.8 Å². The minimum absolute atomic E-state index is 0.231. The molecule has 2 nitrogen and oxygen atoms in total. The molecule has 0 aromatic heterocycles. The first-order valence-electron chi connectivity index (χ1n) is 4.71. The molecule has 14 heavy (non-hydrogen) atoms. The summed E-state index contributed by atoms with van der Waals surface area (Å²) < 4.78 is 5.01. The predicted molar refractivity (Wildman–Crippen MR) is 56.1 cm³/mol. The molecular weight excluding hydrogens is 176 g/mol. The molecule has 0 heterocycles. The Balaban J connectivity index is 2.95. The molecule has 2 heteroatoms. The fourth-order valence-corrected chi connectivity index (χ4v) is 1.41. The molecule has 0 radical (unpaired) electrons. The fourth-order valence-electron chi connectivity index (χ4n) is 1.41. The maximum Gasteiger partial charge on any atom is 0.302 e. The molecule has 0 spiro atoms. The van der Waals surface area contributed by atoms with Gasteiger partial charge in [0.05, 0.1) is 0 Å². The largest absolute Gasteiger partial charge is 0.461 e. The van der Waals surface area contributed by atoms with Crippen LogP contribution in [-0.2, 0) is 16.1 Å². The Morgan fingerprint density at radius 3 is 2.36 bits per heavy atom. The van der Waals surface area contributed by atoms with E-state index in [1.54, 1.807) is 0 Å². The molecule has 0 aliphatic carbocycles. The smallest absolute Gasteiger partial charge is 0.302 e. The van der Waals surface area contributed by atoms with Crippen molar-refractivity contribution in [1.29, 1.82) is 0 Å². The van der Waals surface area contributed by atoms with Gasteiger partial charge in [-0.15, -0.1) is 0 Å². The van der Waals surface area contributed by atoms with Crippen LogP contribution in [0.2, 0.25) is 0 Å². The van der Waals surface area contributed by atoms with Crippen LogP contribution < -0.4 is 0 Å². The second-order valence-electron chi connectivity index (χ2n) is 3.58. The van der Waals surface area contributed by atoms with Crippen molar-refractivity contribution in [1.82, 2.24) is 0 Å². The second-order valence-corrected chi connectivity index (χ2v) is 3.58. The number of benzene rings is 1. The van der Waals surface area contributed by atoms with E-state index in [-0.39, 0.29) is 5.97 Å². The summed E-state index contributed by atoms with van der Waals surface area (Å²) in [5.74, 6) is -0.231. The molecule has 0 N–H and O–H groups in total. The Bertz CT molecular complexity index is 354. The summed E-state index contributed by atoms with van der Waals surface area (Å²) in [6.07, 6.45) is 0. The number of hydrogen-bond donors (Lipinski definition) is 0. The van der Waals surface area contributed by atoms with Gasteiger partial charge in [-0.2, -0.15) is 0 Å². The lowest BCUT2D eigenvalue weighted by Gasteiger charge is -2.11. The molecule has 0 saturated heterocycles. The number of carbonyl (C=O) groups excluding carboxylic acids is 1. The molecule has 1 aromatic rings. The number of esters is 1. The highest BCUT2D eigenvalue weighted by Crippen LogP contribution is 2.18. The molecule has 0 saturated carbocycles. The van der Waals surface area contributed by atoms with Gasteiger partial charge in [-0.05, 0) is 43.0 Å². The van der Waals surface area contributed by atoms with Crippen LogP contribution in [0.15, 0.2) is 12.1 Å². The highest BCUT2D eigenvalue weighted by atomic mass is 16.5. The van der Waals surface area contributed by atoms with Crippen molar-refractivity contribution in [3.63, 3.8) is 0 Å². The average molecular weight is 192 g/mol. The Morgan fingerprint density at radius 2 is 1.79 bits per heavy atom. The minimum atomic E-state index is -0.231. The Labute approximate surface area is 84.9 Å². The number of carbonyl (C=O) groups is 1. The van der Waals surface area contributed by atoms with Gasteiger partial charge in [-0.1, -0.05) is 12.1 Å². The summed E-state index contributed by atoms with van der Waals surface area (Å²) in [6.45, 7) is 7.97. The van der Waals surface area contributed by atoms with Gasteiger partial charge in [0, 0.05) is 6.92 Å². The van der Waals surface area contributed by atoms with Crippen molar-refractivity contribution in [2.45, 2.75) is 34.3 Å². The summed E-state index contributed by atoms with van der Waals surface area (Å²) in [6, 6.07) is 4.14. The van der Waals surface area contributed by atoms with E-state index in [9.17, 15) is 4.79 Å². The van der Waals surface area contributed by atoms with Crippen molar-refractivity contribution in [3.05, 3.63) is 34.4 Å². The third-order valence-corrected chi connectivity index (χ3v) is 2.52. The van der Waals surface area contributed by atoms with Gasteiger partial charge >= 0.3 is 5.97 Å². The van der Waals surface area contributed by atoms with Crippen molar-refractivity contribution in [2.24, 2.45) is 0 Å². The van der Waals surface area contributed by atoms with E-state index in [0.29, 0.717) is 6.61 Å². The van der Waals surface area contributed by atoms with E-state index in [1.165, 1.54) is 23.6 Å². The first kappa shape index (κ1) is 10.8. The highest BCUT2D eigenvalue weighted by molar-refractivity contribution is 5.66. The maximum absolute atomic E-state index is 10.7. The van der Waals surface area contributed by atoms with E-state index in [2.05, 4.69) is 26.0 Å². The molecule has 0 amide bonds. The molecule has 0 unspecified atom stereocenters. The standard InChI is InChI=1S/C12H16O2/c1-8-5-6-9(2)12(10(8)3)7-14-11(4)13/h5-6H,7H2,1-4H3. The monoisotopic (exact) mass is 192 g/mol. The third-order valence-electron chi connectivity index (χ3n) is 2.52. The van der Waals surface area contributed by atoms with Crippen LogP contribution in [0.1, 0.15) is 29.2 Å². The zero-order valence-electron chi connectivity index (χ0n) is 9.18. The lowest BCUT2D eigenvalue weighted by molar-refractivity contribution is -0.142. The fraction of sp³-hybridized carbons (Fsp3) is 0.417. The Morgan fingerprint density at radius 1 is 1.21 bits per heavy atom. The molecule has 0 fully saturated rings. The first-order chi connectivity index (χ1) is 6.52. The topological polar surface area (TPSA) is 26.3 Å². The highest BCUT2D eigenvalue weighted by Gasteiger charge is 2.06. The van der Waals surface area contributed by atoms with E-state index >= 15 is 0 Å². The first-order valence-corrected chi connectivity index (χ1v) is 4.71. The molecule has 0 aliphatic rings. The number of hydrogen-bond acceptors (Lipinski definition) is 2. The number of aryl methyl sites for hydroxylation is 2. The summed E-state index contributed by atoms with van der Waals surface area (Å²) in [5, 5.41) is 0. The lowest BCUT2D eigenvalue weighted by atomic mass is 9.99. The van der Waals surface area contributed by atoms with Gasteiger partial charge in [0.25, 0.3) is 0 Å². The SMILES string of the molecule is CC(=O)OCc1c(C)ccc(C)c1C. The normalized spacial score (nSPS) is 10.0. The van der Waals surface area contributed by atoms with Crippen molar-refractivity contribution in [3.8, 4) is 0 Å². The summed E-state index contributed by atoms with van der Waals surface area (Å²) in [7, 11) is 0. The van der Waals surface area contributed by atoms with Crippen LogP contribution in [0.25, 0.3) is 0 Å². The molecular formula is C12H16O2. The van der Waals surface area contributed by atoms with Crippen molar-refractivity contribution in [2.75, 3.05) is 0 Å². The van der Waals surface area contributed by atoms with Crippen LogP contribution in [0.4, 0.5) is 0 Å². The Kier molecular flexibility index (Phi) is 3.28. The molecule has 0 atom stereocenters. The lowest BCUT2D eigenvalue weighted by Crippen LogP contribution is -2.03. The zero-order chi connectivity index (χ0) is 10.7. The molecule has 1 rings (SSSR count). The van der Waals surface area contributed by atoms with Gasteiger partial charge in [0.15, 0.2) is 0 Å². The van der Waals surface area contributed by atoms with Crippen LogP contribution >= 0.6 is 0 Å². The molecule has 0 bridgehead atoms. The Hall–Kier alpha value is -1.31. The summed E-state index contributed by atoms with van der Waals surface area (Å²) in [4.78, 5) is 10.7. The van der Waals surface area contributed by atoms with Crippen LogP contribution in [0.3, 0.4) is 0 Å². The van der Waals surface area contributed by atoms with E-state index < -0.39 is 0 Å². The number of rotatable bonds is 2. The van der Waals surface area contributed by atoms with Crippen molar-refractivity contribution < 1.29 is 9.53 Å². The average Bonchev–Trinajstić information content (AvgIpc) is 2.11. The minimum Gasteiger partial charge on any atom is -0.461 e. The van der Waals surface area contributed by atoms with E-state index in [0.717, 1.165) is 5.56 Å². The summed E-state index contributed by atoms with van der Waals surface area (Å²) >= 11 is 0. The van der Waals surface area contributed by atoms with Crippen LogP contribution in [0.5, 0.6) is 0 Å². The second kappa shape index (κ2) is 4.27. The molecule has 76 valence electrons.